The van der Waals surface area contributed by atoms with Gasteiger partial charge < -0.3 is 14.7 Å². The number of fused-ring (bicyclic) bond motifs is 1. The summed E-state index contributed by atoms with van der Waals surface area (Å²) in [4.78, 5) is 13.6. The molecule has 1 saturated carbocycles. The van der Waals surface area contributed by atoms with Crippen molar-refractivity contribution >= 4 is 11.5 Å². The van der Waals surface area contributed by atoms with E-state index in [0.717, 1.165) is 80.7 Å². The number of allylic oxidation sites excluding steroid dienone is 4. The van der Waals surface area contributed by atoms with Gasteiger partial charge in [0.1, 0.15) is 17.7 Å². The van der Waals surface area contributed by atoms with Gasteiger partial charge in [-0.25, -0.2) is 9.97 Å². The molecular formula is C21H28N6O2. The Hall–Kier alpha value is -2.45. The smallest absolute Gasteiger partial charge is 0.132 e. The maximum absolute atomic E-state index is 9.13. The highest BCUT2D eigenvalue weighted by Crippen LogP contribution is 2.43. The predicted octanol–water partition coefficient (Wildman–Crippen LogP) is 1.25. The topological polar surface area (TPSA) is 86.1 Å². The molecule has 1 aromatic rings. The van der Waals surface area contributed by atoms with Crippen molar-refractivity contribution in [1.29, 1.82) is 0 Å². The van der Waals surface area contributed by atoms with Crippen molar-refractivity contribution in [1.82, 2.24) is 20.3 Å². The minimum Gasteiger partial charge on any atom is -0.492 e. The van der Waals surface area contributed by atoms with Gasteiger partial charge in [0.25, 0.3) is 0 Å². The minimum absolute atomic E-state index is 0.0285. The third-order valence-corrected chi connectivity index (χ3v) is 6.22. The maximum Gasteiger partial charge on any atom is 0.132 e. The predicted molar refractivity (Wildman–Crippen MR) is 110 cm³/mol. The van der Waals surface area contributed by atoms with Gasteiger partial charge in [-0.1, -0.05) is 0 Å². The van der Waals surface area contributed by atoms with Crippen molar-refractivity contribution < 1.29 is 9.84 Å². The van der Waals surface area contributed by atoms with Crippen molar-refractivity contribution in [2.75, 3.05) is 44.2 Å². The lowest BCUT2D eigenvalue weighted by Crippen LogP contribution is -2.47. The van der Waals surface area contributed by atoms with Gasteiger partial charge >= 0.3 is 0 Å². The second kappa shape index (κ2) is 7.42. The van der Waals surface area contributed by atoms with Crippen molar-refractivity contribution in [3.8, 4) is 0 Å². The van der Waals surface area contributed by atoms with Gasteiger partial charge in [0, 0.05) is 50.9 Å². The molecule has 8 heteroatoms. The molecule has 0 bridgehead atoms. The van der Waals surface area contributed by atoms with E-state index < -0.39 is 0 Å². The van der Waals surface area contributed by atoms with E-state index in [2.05, 4.69) is 49.4 Å². The average molecular weight is 396 g/mol. The highest BCUT2D eigenvalue weighted by Gasteiger charge is 2.42. The summed E-state index contributed by atoms with van der Waals surface area (Å²) in [5.41, 5.74) is 6.12. The Bertz CT molecular complexity index is 868. The Morgan fingerprint density at radius 2 is 2.03 bits per heavy atom. The molecule has 2 aliphatic heterocycles. The monoisotopic (exact) mass is 396 g/mol. The van der Waals surface area contributed by atoms with Crippen molar-refractivity contribution in [3.05, 3.63) is 41.7 Å². The number of hydrogen-bond acceptors (Lipinski definition) is 8. The highest BCUT2D eigenvalue weighted by molar-refractivity contribution is 6.04. The first-order valence-electron chi connectivity index (χ1n) is 10.5. The Kier molecular flexibility index (Phi) is 4.75. The molecule has 1 saturated heterocycles. The summed E-state index contributed by atoms with van der Waals surface area (Å²) in [6.45, 7) is 6.78. The van der Waals surface area contributed by atoms with Crippen LogP contribution in [-0.4, -0.2) is 70.6 Å². The quantitative estimate of drug-likeness (QED) is 0.749. The van der Waals surface area contributed by atoms with Crippen LogP contribution in [0, 0.1) is 5.92 Å². The molecule has 0 spiro atoms. The van der Waals surface area contributed by atoms with E-state index in [0.29, 0.717) is 0 Å². The molecule has 8 nitrogen and oxygen atoms in total. The van der Waals surface area contributed by atoms with E-state index in [1.165, 1.54) is 0 Å². The van der Waals surface area contributed by atoms with Gasteiger partial charge in [-0.3, -0.25) is 10.3 Å². The Balaban J connectivity index is 1.29. The van der Waals surface area contributed by atoms with Crippen LogP contribution in [0.25, 0.3) is 0 Å². The van der Waals surface area contributed by atoms with E-state index in [1.54, 1.807) is 6.33 Å². The van der Waals surface area contributed by atoms with Gasteiger partial charge in [-0.15, -0.1) is 0 Å². The van der Waals surface area contributed by atoms with Gasteiger partial charge in [0.15, 0.2) is 0 Å². The number of piperazine rings is 1. The van der Waals surface area contributed by atoms with Gasteiger partial charge in [-0.2, -0.15) is 5.10 Å². The fourth-order valence-corrected chi connectivity index (χ4v) is 4.15. The number of nitrogens with one attached hydrogen (secondary N) is 1. The zero-order valence-electron chi connectivity index (χ0n) is 16.8. The second-order valence-electron chi connectivity index (χ2n) is 8.49. The van der Waals surface area contributed by atoms with Gasteiger partial charge in [0.05, 0.1) is 29.7 Å². The van der Waals surface area contributed by atoms with E-state index in [4.69, 9.17) is 9.84 Å². The zero-order chi connectivity index (χ0) is 19.8. The molecule has 5 rings (SSSR count). The van der Waals surface area contributed by atoms with Gasteiger partial charge in [-0.05, 0) is 31.9 Å². The summed E-state index contributed by atoms with van der Waals surface area (Å²) in [5.74, 6) is 2.12. The summed E-state index contributed by atoms with van der Waals surface area (Å²) in [6.07, 6.45) is 8.85. The van der Waals surface area contributed by atoms with Crippen LogP contribution in [0.15, 0.2) is 41.1 Å². The third-order valence-electron chi connectivity index (χ3n) is 6.22. The average Bonchev–Trinajstić information content (AvgIpc) is 3.31. The number of aliphatic hydroxyl groups excluding tert-OH is 1. The van der Waals surface area contributed by atoms with Crippen LogP contribution in [0.1, 0.15) is 31.9 Å². The Labute approximate surface area is 171 Å². The van der Waals surface area contributed by atoms with Crippen LogP contribution in [0.5, 0.6) is 0 Å². The normalized spacial score (nSPS) is 25.5. The van der Waals surface area contributed by atoms with E-state index in [1.807, 2.05) is 6.07 Å². The first kappa shape index (κ1) is 18.6. The number of hydrogen-bond donors (Lipinski definition) is 2. The number of β-amino-alcohol motifs (C(OH)–C–C–N with tert-alkyl or cyclic N) is 1. The van der Waals surface area contributed by atoms with Crippen LogP contribution in [0.4, 0.5) is 5.82 Å². The number of aromatic nitrogens is 2. The molecule has 4 aliphatic rings. The van der Waals surface area contributed by atoms with Crippen LogP contribution in [0.2, 0.25) is 0 Å². The lowest BCUT2D eigenvalue weighted by atomic mass is 9.90. The fourth-order valence-electron chi connectivity index (χ4n) is 4.15. The highest BCUT2D eigenvalue weighted by atomic mass is 16.5. The first-order chi connectivity index (χ1) is 14.1. The standard InChI is InChI=1S/C21H28N6O2/c1-21(4-5-21)29-15-2-3-17-16(12-15)20(25-24-17)18-13-19(23-14-22-18)27-8-6-26(7-9-27)10-11-28/h2-3,13-14,16,24,28H,4-12H2,1H3. The fraction of sp³-hybridized carbons (Fsp3) is 0.571. The van der Waals surface area contributed by atoms with E-state index in [9.17, 15) is 0 Å². The molecule has 1 atom stereocenters. The van der Waals surface area contributed by atoms with Crippen molar-refractivity contribution in [3.63, 3.8) is 0 Å². The molecule has 0 aromatic carbocycles. The minimum atomic E-state index is 0.0285. The molecule has 0 amide bonds. The maximum atomic E-state index is 9.13. The summed E-state index contributed by atoms with van der Waals surface area (Å²) in [7, 11) is 0. The summed E-state index contributed by atoms with van der Waals surface area (Å²) < 4.78 is 6.20. The molecule has 0 radical (unpaired) electrons. The van der Waals surface area contributed by atoms with E-state index >= 15 is 0 Å². The Morgan fingerprint density at radius 3 is 2.79 bits per heavy atom. The van der Waals surface area contributed by atoms with Crippen molar-refractivity contribution in [2.24, 2.45) is 11.0 Å². The number of hydrazone groups is 1. The SMILES string of the molecule is CC1(OC2=CC=C3NN=C(c4cc(N5CCN(CCO)CC5)ncn4)C3C2)CC1. The molecular weight excluding hydrogens is 368 g/mol. The number of aliphatic hydroxyl groups is 1. The number of ether oxygens (including phenoxy) is 1. The number of nitrogens with zero attached hydrogens (tertiary/aromatic N) is 5. The van der Waals surface area contributed by atoms with Gasteiger partial charge in [0.2, 0.25) is 0 Å². The molecule has 3 heterocycles. The first-order valence-corrected chi connectivity index (χ1v) is 10.5. The van der Waals surface area contributed by atoms with Crippen LogP contribution >= 0.6 is 0 Å². The number of anilines is 1. The lowest BCUT2D eigenvalue weighted by Gasteiger charge is -2.35. The van der Waals surface area contributed by atoms with Crippen molar-refractivity contribution in [2.45, 2.75) is 31.8 Å². The summed E-state index contributed by atoms with van der Waals surface area (Å²) in [5, 5.41) is 13.7. The van der Waals surface area contributed by atoms with E-state index in [-0.39, 0.29) is 18.1 Å². The summed E-state index contributed by atoms with van der Waals surface area (Å²) >= 11 is 0. The summed E-state index contributed by atoms with van der Waals surface area (Å²) in [6, 6.07) is 2.05. The molecule has 1 unspecified atom stereocenters. The third kappa shape index (κ3) is 3.86. The molecule has 2 fully saturated rings. The van der Waals surface area contributed by atoms with Crippen LogP contribution < -0.4 is 10.3 Å². The lowest BCUT2D eigenvalue weighted by molar-refractivity contribution is 0.101. The molecule has 2 N–H and O–H groups in total. The molecule has 1 aromatic heterocycles. The molecule has 29 heavy (non-hydrogen) atoms. The molecule has 2 aliphatic carbocycles. The second-order valence-corrected chi connectivity index (χ2v) is 8.49. The van der Waals surface area contributed by atoms with Crippen LogP contribution in [-0.2, 0) is 4.74 Å². The Morgan fingerprint density at radius 1 is 1.21 bits per heavy atom. The molecule has 154 valence electrons. The number of rotatable bonds is 6. The van der Waals surface area contributed by atoms with Crippen LogP contribution in [0.3, 0.4) is 0 Å². The largest absolute Gasteiger partial charge is 0.492 e. The zero-order valence-corrected chi connectivity index (χ0v) is 16.8.